The van der Waals surface area contributed by atoms with Crippen LogP contribution >= 0.6 is 0 Å². The molecule has 112 valence electrons. The SMILES string of the molecule is C=c1c(-c2nc3c(C(=O)N(C)C)cccc3[nH]2)n[nH]c1=CC. The monoisotopic (exact) mass is 295 g/mol. The van der Waals surface area contributed by atoms with Crippen molar-refractivity contribution in [1.82, 2.24) is 25.1 Å². The van der Waals surface area contributed by atoms with Crippen molar-refractivity contribution < 1.29 is 4.79 Å². The third kappa shape index (κ3) is 2.09. The number of hydrogen-bond acceptors (Lipinski definition) is 3. The van der Waals surface area contributed by atoms with E-state index in [0.717, 1.165) is 16.1 Å². The molecule has 0 radical (unpaired) electrons. The maximum Gasteiger partial charge on any atom is 0.255 e. The molecule has 6 nitrogen and oxygen atoms in total. The van der Waals surface area contributed by atoms with Gasteiger partial charge in [-0.25, -0.2) is 4.98 Å². The minimum Gasteiger partial charge on any atom is -0.345 e. The van der Waals surface area contributed by atoms with E-state index in [1.165, 1.54) is 4.90 Å². The number of amides is 1. The maximum atomic E-state index is 12.3. The second-order valence-electron chi connectivity index (χ2n) is 5.24. The summed E-state index contributed by atoms with van der Waals surface area (Å²) in [5, 5.41) is 8.81. The van der Waals surface area contributed by atoms with Crippen LogP contribution in [0.5, 0.6) is 0 Å². The molecule has 0 spiro atoms. The highest BCUT2D eigenvalue weighted by atomic mass is 16.2. The van der Waals surface area contributed by atoms with Gasteiger partial charge in [0, 0.05) is 19.3 Å². The van der Waals surface area contributed by atoms with Crippen LogP contribution in [0.15, 0.2) is 18.2 Å². The lowest BCUT2D eigenvalue weighted by molar-refractivity contribution is 0.0829. The normalized spacial score (nSPS) is 12.0. The van der Waals surface area contributed by atoms with Gasteiger partial charge in [-0.3, -0.25) is 9.89 Å². The molecule has 0 unspecified atom stereocenters. The summed E-state index contributed by atoms with van der Waals surface area (Å²) in [6.07, 6.45) is 1.91. The number of carbonyl (C=O) groups is 1. The fourth-order valence-electron chi connectivity index (χ4n) is 2.37. The van der Waals surface area contributed by atoms with Gasteiger partial charge in [0.15, 0.2) is 5.82 Å². The second kappa shape index (κ2) is 5.14. The third-order valence-corrected chi connectivity index (χ3v) is 3.56. The Morgan fingerprint density at radius 3 is 2.77 bits per heavy atom. The van der Waals surface area contributed by atoms with Crippen LogP contribution in [0.1, 0.15) is 17.3 Å². The number of nitrogens with zero attached hydrogens (tertiary/aromatic N) is 3. The summed E-state index contributed by atoms with van der Waals surface area (Å²) in [4.78, 5) is 21.6. The van der Waals surface area contributed by atoms with E-state index in [0.29, 0.717) is 22.6 Å². The number of fused-ring (bicyclic) bond motifs is 1. The lowest BCUT2D eigenvalue weighted by Crippen LogP contribution is -2.22. The van der Waals surface area contributed by atoms with Gasteiger partial charge >= 0.3 is 0 Å². The lowest BCUT2D eigenvalue weighted by atomic mass is 10.1. The average Bonchev–Trinajstić information content (AvgIpc) is 3.08. The van der Waals surface area contributed by atoms with Gasteiger partial charge in [-0.1, -0.05) is 18.7 Å². The maximum absolute atomic E-state index is 12.3. The summed E-state index contributed by atoms with van der Waals surface area (Å²) in [6, 6.07) is 5.50. The van der Waals surface area contributed by atoms with Crippen LogP contribution in [-0.2, 0) is 0 Å². The smallest absolute Gasteiger partial charge is 0.255 e. The summed E-state index contributed by atoms with van der Waals surface area (Å²) in [5.41, 5.74) is 2.66. The van der Waals surface area contributed by atoms with E-state index in [4.69, 9.17) is 0 Å². The van der Waals surface area contributed by atoms with Gasteiger partial charge in [0.1, 0.15) is 11.2 Å². The van der Waals surface area contributed by atoms with Crippen molar-refractivity contribution in [3.63, 3.8) is 0 Å². The van der Waals surface area contributed by atoms with E-state index in [9.17, 15) is 4.79 Å². The lowest BCUT2D eigenvalue weighted by Gasteiger charge is -2.09. The molecule has 0 bridgehead atoms. The predicted molar refractivity (Wildman–Crippen MR) is 86.6 cm³/mol. The zero-order valence-electron chi connectivity index (χ0n) is 12.8. The van der Waals surface area contributed by atoms with Crippen molar-refractivity contribution >= 4 is 29.6 Å². The average molecular weight is 295 g/mol. The molecule has 1 amide bonds. The number of H-pyrrole nitrogens is 2. The Hall–Kier alpha value is -2.89. The molecule has 2 aromatic heterocycles. The van der Waals surface area contributed by atoms with Crippen LogP contribution in [0.25, 0.3) is 35.2 Å². The number of carbonyl (C=O) groups excluding carboxylic acids is 1. The summed E-state index contributed by atoms with van der Waals surface area (Å²) in [7, 11) is 3.44. The Kier molecular flexibility index (Phi) is 3.29. The molecule has 0 saturated carbocycles. The number of benzene rings is 1. The van der Waals surface area contributed by atoms with Crippen molar-refractivity contribution in [2.75, 3.05) is 14.1 Å². The number of rotatable bonds is 2. The molecule has 1 aromatic carbocycles. The highest BCUT2D eigenvalue weighted by Gasteiger charge is 2.16. The van der Waals surface area contributed by atoms with Gasteiger partial charge in [-0.15, -0.1) is 0 Å². The largest absolute Gasteiger partial charge is 0.345 e. The first-order valence-corrected chi connectivity index (χ1v) is 6.93. The topological polar surface area (TPSA) is 77.7 Å². The minimum atomic E-state index is -0.0805. The Bertz CT molecular complexity index is 964. The fraction of sp³-hybridized carbons (Fsp3) is 0.188. The molecule has 0 aliphatic heterocycles. The van der Waals surface area contributed by atoms with Crippen LogP contribution in [0, 0.1) is 0 Å². The fourth-order valence-corrected chi connectivity index (χ4v) is 2.37. The summed E-state index contributed by atoms with van der Waals surface area (Å²) in [6.45, 7) is 5.94. The molecule has 0 aliphatic carbocycles. The standard InChI is InChI=1S/C16H17N5O/c1-5-11-9(2)13(20-19-11)15-17-12-8-6-7-10(14(12)18-15)16(22)21(3)4/h5-8,19H,2H2,1,3-4H3,(H,17,18). The minimum absolute atomic E-state index is 0.0805. The molecule has 6 heteroatoms. The van der Waals surface area contributed by atoms with Crippen LogP contribution in [0.4, 0.5) is 0 Å². The molecule has 3 rings (SSSR count). The Labute approximate surface area is 127 Å². The van der Waals surface area contributed by atoms with Gasteiger partial charge in [0.05, 0.1) is 16.4 Å². The molecule has 0 atom stereocenters. The van der Waals surface area contributed by atoms with Crippen molar-refractivity contribution in [2.45, 2.75) is 6.92 Å². The van der Waals surface area contributed by atoms with Gasteiger partial charge in [0.25, 0.3) is 5.91 Å². The summed E-state index contributed by atoms with van der Waals surface area (Å²) < 4.78 is 0. The van der Waals surface area contributed by atoms with E-state index in [2.05, 4.69) is 26.7 Å². The van der Waals surface area contributed by atoms with Crippen molar-refractivity contribution in [3.8, 4) is 11.5 Å². The molecule has 2 heterocycles. The number of aromatic nitrogens is 4. The van der Waals surface area contributed by atoms with Crippen molar-refractivity contribution in [2.24, 2.45) is 0 Å². The molecule has 0 aliphatic rings. The molecule has 2 N–H and O–H groups in total. The number of para-hydroxylation sites is 1. The molecule has 22 heavy (non-hydrogen) atoms. The first-order chi connectivity index (χ1) is 10.5. The van der Waals surface area contributed by atoms with Gasteiger partial charge in [-0.2, -0.15) is 5.10 Å². The third-order valence-electron chi connectivity index (χ3n) is 3.56. The van der Waals surface area contributed by atoms with Crippen LogP contribution in [0.2, 0.25) is 0 Å². The predicted octanol–water partition coefficient (Wildman–Crippen LogP) is 0.865. The van der Waals surface area contributed by atoms with E-state index in [1.807, 2.05) is 25.1 Å². The highest BCUT2D eigenvalue weighted by molar-refractivity contribution is 6.05. The van der Waals surface area contributed by atoms with Crippen LogP contribution in [-0.4, -0.2) is 45.1 Å². The van der Waals surface area contributed by atoms with Crippen molar-refractivity contribution in [3.05, 3.63) is 34.3 Å². The molecule has 0 fully saturated rings. The van der Waals surface area contributed by atoms with E-state index in [-0.39, 0.29) is 5.91 Å². The first-order valence-electron chi connectivity index (χ1n) is 6.93. The van der Waals surface area contributed by atoms with E-state index < -0.39 is 0 Å². The molecule has 0 saturated heterocycles. The van der Waals surface area contributed by atoms with Gasteiger partial charge in [0.2, 0.25) is 0 Å². The molecular weight excluding hydrogens is 278 g/mol. The van der Waals surface area contributed by atoms with Gasteiger partial charge < -0.3 is 9.88 Å². The van der Waals surface area contributed by atoms with Crippen LogP contribution in [0.3, 0.4) is 0 Å². The number of aromatic amines is 2. The number of imidazole rings is 1. The summed E-state index contributed by atoms with van der Waals surface area (Å²) in [5.74, 6) is 0.520. The van der Waals surface area contributed by atoms with Crippen LogP contribution < -0.4 is 10.6 Å². The Morgan fingerprint density at radius 1 is 1.36 bits per heavy atom. The van der Waals surface area contributed by atoms with E-state index in [1.54, 1.807) is 20.2 Å². The zero-order valence-corrected chi connectivity index (χ0v) is 12.8. The summed E-state index contributed by atoms with van der Waals surface area (Å²) >= 11 is 0. The van der Waals surface area contributed by atoms with E-state index >= 15 is 0 Å². The molecule has 3 aromatic rings. The second-order valence-corrected chi connectivity index (χ2v) is 5.24. The van der Waals surface area contributed by atoms with Crippen molar-refractivity contribution in [1.29, 1.82) is 0 Å². The quantitative estimate of drug-likeness (QED) is 0.736. The zero-order chi connectivity index (χ0) is 15.9. The highest BCUT2D eigenvalue weighted by Crippen LogP contribution is 2.20. The van der Waals surface area contributed by atoms with Gasteiger partial charge in [-0.05, 0) is 19.1 Å². The Morgan fingerprint density at radius 2 is 2.14 bits per heavy atom. The Balaban J connectivity index is 2.22. The first kappa shape index (κ1) is 14.1. The number of hydrogen-bond donors (Lipinski definition) is 2. The molecular formula is C16H17N5O. The number of nitrogens with one attached hydrogen (secondary N) is 2.